The van der Waals surface area contributed by atoms with Crippen molar-refractivity contribution >= 4 is 11.7 Å². The summed E-state index contributed by atoms with van der Waals surface area (Å²) in [5.41, 5.74) is 3.37. The maximum Gasteiger partial charge on any atom is 0.308 e. The van der Waals surface area contributed by atoms with Crippen molar-refractivity contribution in [2.24, 2.45) is 0 Å². The Morgan fingerprint density at radius 1 is 1.39 bits per heavy atom. The van der Waals surface area contributed by atoms with E-state index in [0.717, 1.165) is 5.69 Å². The van der Waals surface area contributed by atoms with E-state index in [2.05, 4.69) is 12.2 Å². The van der Waals surface area contributed by atoms with Gasteiger partial charge in [0.15, 0.2) is 0 Å². The van der Waals surface area contributed by atoms with Gasteiger partial charge in [0.2, 0.25) is 0 Å². The molecule has 0 radical (unpaired) electrons. The third kappa shape index (κ3) is 4.75. The van der Waals surface area contributed by atoms with Gasteiger partial charge in [0.25, 0.3) is 0 Å². The van der Waals surface area contributed by atoms with E-state index < -0.39 is 6.10 Å². The SMILES string of the molecule is CCOC(=O)CC(O)CNc1ccc(C)c(C)c1. The largest absolute Gasteiger partial charge is 0.466 e. The molecular formula is C14H21NO3. The molecule has 2 N–H and O–H groups in total. The van der Waals surface area contributed by atoms with Crippen LogP contribution < -0.4 is 5.32 Å². The Morgan fingerprint density at radius 3 is 2.72 bits per heavy atom. The van der Waals surface area contributed by atoms with Crippen LogP contribution in [-0.2, 0) is 9.53 Å². The van der Waals surface area contributed by atoms with Gasteiger partial charge in [-0.3, -0.25) is 4.79 Å². The number of carbonyl (C=O) groups is 1. The number of ether oxygens (including phenoxy) is 1. The van der Waals surface area contributed by atoms with Crippen LogP contribution in [0.2, 0.25) is 0 Å². The second kappa shape index (κ2) is 7.01. The van der Waals surface area contributed by atoms with Gasteiger partial charge in [-0.05, 0) is 44.0 Å². The van der Waals surface area contributed by atoms with Crippen LogP contribution >= 0.6 is 0 Å². The minimum atomic E-state index is -0.731. The zero-order chi connectivity index (χ0) is 13.5. The first-order valence-electron chi connectivity index (χ1n) is 6.17. The Kier molecular flexibility index (Phi) is 5.65. The predicted octanol–water partition coefficient (Wildman–Crippen LogP) is 2.03. The molecule has 100 valence electrons. The molecule has 1 rings (SSSR count). The van der Waals surface area contributed by atoms with Crippen LogP contribution in [0.1, 0.15) is 24.5 Å². The third-order valence-corrected chi connectivity index (χ3v) is 2.76. The van der Waals surface area contributed by atoms with Gasteiger partial charge in [-0.15, -0.1) is 0 Å². The molecule has 4 nitrogen and oxygen atoms in total. The van der Waals surface area contributed by atoms with Crippen molar-refractivity contribution in [2.75, 3.05) is 18.5 Å². The molecule has 0 aliphatic carbocycles. The van der Waals surface area contributed by atoms with Gasteiger partial charge in [0, 0.05) is 12.2 Å². The number of nitrogens with one attached hydrogen (secondary N) is 1. The fourth-order valence-corrected chi connectivity index (χ4v) is 1.57. The lowest BCUT2D eigenvalue weighted by molar-refractivity contribution is -0.145. The average Bonchev–Trinajstić information content (AvgIpc) is 2.31. The summed E-state index contributed by atoms with van der Waals surface area (Å²) < 4.78 is 4.77. The normalized spacial score (nSPS) is 12.0. The van der Waals surface area contributed by atoms with E-state index in [1.165, 1.54) is 11.1 Å². The number of aliphatic hydroxyl groups excluding tert-OH is 1. The first kappa shape index (κ1) is 14.5. The zero-order valence-corrected chi connectivity index (χ0v) is 11.2. The van der Waals surface area contributed by atoms with Crippen LogP contribution in [0.5, 0.6) is 0 Å². The Morgan fingerprint density at radius 2 is 2.11 bits per heavy atom. The number of aliphatic hydroxyl groups is 1. The van der Waals surface area contributed by atoms with Crippen molar-refractivity contribution in [1.29, 1.82) is 0 Å². The number of hydrogen-bond donors (Lipinski definition) is 2. The van der Waals surface area contributed by atoms with Gasteiger partial charge in [0.05, 0.1) is 19.1 Å². The average molecular weight is 251 g/mol. The molecule has 0 heterocycles. The fourth-order valence-electron chi connectivity index (χ4n) is 1.57. The quantitative estimate of drug-likeness (QED) is 0.759. The number of anilines is 1. The van der Waals surface area contributed by atoms with Crippen LogP contribution in [-0.4, -0.2) is 30.3 Å². The summed E-state index contributed by atoms with van der Waals surface area (Å²) in [6.07, 6.45) is -0.711. The fraction of sp³-hybridized carbons (Fsp3) is 0.500. The minimum Gasteiger partial charge on any atom is -0.466 e. The zero-order valence-electron chi connectivity index (χ0n) is 11.2. The lowest BCUT2D eigenvalue weighted by Gasteiger charge is -2.13. The molecule has 18 heavy (non-hydrogen) atoms. The van der Waals surface area contributed by atoms with Gasteiger partial charge in [-0.2, -0.15) is 0 Å². The molecule has 0 amide bonds. The van der Waals surface area contributed by atoms with Crippen molar-refractivity contribution in [3.63, 3.8) is 0 Å². The highest BCUT2D eigenvalue weighted by Gasteiger charge is 2.11. The first-order valence-corrected chi connectivity index (χ1v) is 6.17. The Balaban J connectivity index is 2.40. The van der Waals surface area contributed by atoms with E-state index in [0.29, 0.717) is 13.2 Å². The molecule has 0 aliphatic heterocycles. The number of hydrogen-bond acceptors (Lipinski definition) is 4. The second-order valence-electron chi connectivity index (χ2n) is 4.34. The van der Waals surface area contributed by atoms with Crippen LogP contribution in [0.15, 0.2) is 18.2 Å². The third-order valence-electron chi connectivity index (χ3n) is 2.76. The van der Waals surface area contributed by atoms with Crippen LogP contribution in [0.25, 0.3) is 0 Å². The van der Waals surface area contributed by atoms with Gasteiger partial charge >= 0.3 is 5.97 Å². The molecule has 0 bridgehead atoms. The molecule has 0 saturated carbocycles. The lowest BCUT2D eigenvalue weighted by atomic mass is 10.1. The van der Waals surface area contributed by atoms with E-state index >= 15 is 0 Å². The number of esters is 1. The van der Waals surface area contributed by atoms with Crippen molar-refractivity contribution < 1.29 is 14.6 Å². The van der Waals surface area contributed by atoms with E-state index in [9.17, 15) is 9.90 Å². The molecule has 1 aromatic carbocycles. The van der Waals surface area contributed by atoms with Crippen molar-refractivity contribution in [1.82, 2.24) is 0 Å². The summed E-state index contributed by atoms with van der Waals surface area (Å²) in [7, 11) is 0. The summed E-state index contributed by atoms with van der Waals surface area (Å²) in [6, 6.07) is 6.00. The monoisotopic (exact) mass is 251 g/mol. The molecule has 0 aromatic heterocycles. The topological polar surface area (TPSA) is 58.6 Å². The summed E-state index contributed by atoms with van der Waals surface area (Å²) in [4.78, 5) is 11.2. The highest BCUT2D eigenvalue weighted by Crippen LogP contribution is 2.14. The van der Waals surface area contributed by atoms with E-state index in [4.69, 9.17) is 4.74 Å². The maximum absolute atomic E-state index is 11.2. The van der Waals surface area contributed by atoms with Gasteiger partial charge < -0.3 is 15.2 Å². The van der Waals surface area contributed by atoms with E-state index in [1.54, 1.807) is 6.92 Å². The van der Waals surface area contributed by atoms with E-state index in [-0.39, 0.29) is 12.4 Å². The highest BCUT2D eigenvalue weighted by molar-refractivity contribution is 5.70. The summed E-state index contributed by atoms with van der Waals surface area (Å²) in [5, 5.41) is 12.8. The molecule has 0 aliphatic rings. The van der Waals surface area contributed by atoms with E-state index in [1.807, 2.05) is 25.1 Å². The summed E-state index contributed by atoms with van der Waals surface area (Å²) >= 11 is 0. The smallest absolute Gasteiger partial charge is 0.308 e. The summed E-state index contributed by atoms with van der Waals surface area (Å²) in [5.74, 6) is -0.369. The number of aryl methyl sites for hydroxylation is 2. The molecular weight excluding hydrogens is 230 g/mol. The molecule has 1 atom stereocenters. The lowest BCUT2D eigenvalue weighted by Crippen LogP contribution is -2.23. The Labute approximate surface area is 108 Å². The Bertz CT molecular complexity index is 404. The van der Waals surface area contributed by atoms with Crippen LogP contribution in [0, 0.1) is 13.8 Å². The van der Waals surface area contributed by atoms with Crippen LogP contribution in [0.4, 0.5) is 5.69 Å². The predicted molar refractivity (Wildman–Crippen MR) is 71.7 cm³/mol. The van der Waals surface area contributed by atoms with Crippen LogP contribution in [0.3, 0.4) is 0 Å². The molecule has 0 saturated heterocycles. The Hall–Kier alpha value is -1.55. The molecule has 0 fully saturated rings. The maximum atomic E-state index is 11.2. The highest BCUT2D eigenvalue weighted by atomic mass is 16.5. The molecule has 0 spiro atoms. The molecule has 1 unspecified atom stereocenters. The van der Waals surface area contributed by atoms with Crippen molar-refractivity contribution in [2.45, 2.75) is 33.3 Å². The van der Waals surface area contributed by atoms with Gasteiger partial charge in [-0.25, -0.2) is 0 Å². The number of benzene rings is 1. The molecule has 1 aromatic rings. The minimum absolute atomic E-state index is 0.0195. The molecule has 4 heteroatoms. The van der Waals surface area contributed by atoms with Crippen molar-refractivity contribution in [3.8, 4) is 0 Å². The summed E-state index contributed by atoms with van der Waals surface area (Å²) in [6.45, 7) is 6.51. The standard InChI is InChI=1S/C14H21NO3/c1-4-18-14(17)8-13(16)9-15-12-6-5-10(2)11(3)7-12/h5-7,13,15-16H,4,8-9H2,1-3H3. The van der Waals surface area contributed by atoms with Gasteiger partial charge in [-0.1, -0.05) is 6.07 Å². The number of carbonyl (C=O) groups excluding carboxylic acids is 1. The van der Waals surface area contributed by atoms with Gasteiger partial charge in [0.1, 0.15) is 0 Å². The first-order chi connectivity index (χ1) is 8.52. The number of rotatable bonds is 6. The van der Waals surface area contributed by atoms with Crippen molar-refractivity contribution in [3.05, 3.63) is 29.3 Å². The second-order valence-corrected chi connectivity index (χ2v) is 4.34.